The average Bonchev–Trinajstić information content (AvgIpc) is 2.29. The number of carboxylic acids is 1. The van der Waals surface area contributed by atoms with Crippen molar-refractivity contribution in [1.82, 2.24) is 4.90 Å². The van der Waals surface area contributed by atoms with E-state index in [1.165, 1.54) is 0 Å². The van der Waals surface area contributed by atoms with Crippen LogP contribution in [0.2, 0.25) is 0 Å². The zero-order chi connectivity index (χ0) is 12.8. The van der Waals surface area contributed by atoms with Crippen LogP contribution in [0.4, 0.5) is 0 Å². The summed E-state index contributed by atoms with van der Waals surface area (Å²) in [7, 11) is 1.87. The first-order valence-corrected chi connectivity index (χ1v) is 6.03. The lowest BCUT2D eigenvalue weighted by atomic mass is 9.97. The first-order chi connectivity index (χ1) is 8.06. The van der Waals surface area contributed by atoms with Gasteiger partial charge < -0.3 is 5.11 Å². The second-order valence-corrected chi connectivity index (χ2v) is 4.57. The molecule has 0 amide bonds. The van der Waals surface area contributed by atoms with E-state index in [0.717, 1.165) is 12.0 Å². The van der Waals surface area contributed by atoms with Crippen LogP contribution < -0.4 is 0 Å². The standard InChI is InChI=1S/C14H21NO2/c1-4-11(2)13(14(16)17)15(3)10-12-8-6-5-7-9-12/h5-9,11,13H,4,10H2,1-3H3,(H,16,17)/t11?,13-/m0/s1. The minimum Gasteiger partial charge on any atom is -0.480 e. The van der Waals surface area contributed by atoms with E-state index in [2.05, 4.69) is 0 Å². The van der Waals surface area contributed by atoms with Gasteiger partial charge in [0.2, 0.25) is 0 Å². The van der Waals surface area contributed by atoms with Gasteiger partial charge in [-0.3, -0.25) is 9.69 Å². The Morgan fingerprint density at radius 1 is 1.35 bits per heavy atom. The number of nitrogens with zero attached hydrogens (tertiary/aromatic N) is 1. The molecule has 2 atom stereocenters. The molecule has 0 aliphatic carbocycles. The highest BCUT2D eigenvalue weighted by molar-refractivity contribution is 5.73. The smallest absolute Gasteiger partial charge is 0.321 e. The highest BCUT2D eigenvalue weighted by atomic mass is 16.4. The fraction of sp³-hybridized carbons (Fsp3) is 0.500. The number of carbonyl (C=O) groups is 1. The molecule has 1 aromatic carbocycles. The van der Waals surface area contributed by atoms with E-state index < -0.39 is 12.0 Å². The molecule has 0 aliphatic rings. The third kappa shape index (κ3) is 3.86. The third-order valence-corrected chi connectivity index (χ3v) is 3.19. The fourth-order valence-corrected chi connectivity index (χ4v) is 2.06. The number of rotatable bonds is 6. The van der Waals surface area contributed by atoms with Gasteiger partial charge in [0, 0.05) is 6.54 Å². The lowest BCUT2D eigenvalue weighted by Crippen LogP contribution is -2.42. The topological polar surface area (TPSA) is 40.5 Å². The molecule has 0 fully saturated rings. The van der Waals surface area contributed by atoms with Gasteiger partial charge >= 0.3 is 5.97 Å². The van der Waals surface area contributed by atoms with Crippen molar-refractivity contribution in [3.63, 3.8) is 0 Å². The number of likely N-dealkylation sites (N-methyl/N-ethyl adjacent to an activating group) is 1. The molecule has 0 radical (unpaired) electrons. The second-order valence-electron chi connectivity index (χ2n) is 4.57. The summed E-state index contributed by atoms with van der Waals surface area (Å²) in [4.78, 5) is 13.2. The summed E-state index contributed by atoms with van der Waals surface area (Å²) in [6.07, 6.45) is 0.871. The van der Waals surface area contributed by atoms with Crippen LogP contribution >= 0.6 is 0 Å². The summed E-state index contributed by atoms with van der Waals surface area (Å²) in [5.74, 6) is -0.584. The summed E-state index contributed by atoms with van der Waals surface area (Å²) in [5.41, 5.74) is 1.14. The van der Waals surface area contributed by atoms with E-state index in [4.69, 9.17) is 0 Å². The van der Waals surface area contributed by atoms with Gasteiger partial charge in [-0.1, -0.05) is 50.6 Å². The summed E-state index contributed by atoms with van der Waals surface area (Å²) in [5, 5.41) is 9.28. The summed E-state index contributed by atoms with van der Waals surface area (Å²) in [6, 6.07) is 9.54. The van der Waals surface area contributed by atoms with Gasteiger partial charge in [-0.05, 0) is 18.5 Å². The van der Waals surface area contributed by atoms with Crippen LogP contribution in [0.1, 0.15) is 25.8 Å². The van der Waals surface area contributed by atoms with Crippen LogP contribution in [0.15, 0.2) is 30.3 Å². The summed E-state index contributed by atoms with van der Waals surface area (Å²) in [6.45, 7) is 4.68. The molecule has 0 spiro atoms. The van der Waals surface area contributed by atoms with E-state index in [-0.39, 0.29) is 5.92 Å². The van der Waals surface area contributed by atoms with Crippen LogP contribution in [0.5, 0.6) is 0 Å². The highest BCUT2D eigenvalue weighted by Gasteiger charge is 2.27. The molecule has 1 N–H and O–H groups in total. The van der Waals surface area contributed by atoms with Crippen LogP contribution in [0.25, 0.3) is 0 Å². The van der Waals surface area contributed by atoms with Crippen molar-refractivity contribution in [1.29, 1.82) is 0 Å². The van der Waals surface area contributed by atoms with E-state index in [0.29, 0.717) is 6.54 Å². The molecule has 0 bridgehead atoms. The molecule has 1 aromatic rings. The molecule has 94 valence electrons. The maximum absolute atomic E-state index is 11.3. The molecule has 0 saturated carbocycles. The number of carboxylic acid groups (broad SMARTS) is 1. The predicted molar refractivity (Wildman–Crippen MR) is 68.8 cm³/mol. The largest absolute Gasteiger partial charge is 0.480 e. The van der Waals surface area contributed by atoms with Gasteiger partial charge in [0.15, 0.2) is 0 Å². The normalized spacial score (nSPS) is 14.6. The van der Waals surface area contributed by atoms with Crippen LogP contribution in [0, 0.1) is 5.92 Å². The van der Waals surface area contributed by atoms with Gasteiger partial charge in [0.25, 0.3) is 0 Å². The Kier molecular flexibility index (Phi) is 5.16. The number of aliphatic carboxylic acids is 1. The minimum atomic E-state index is -0.738. The first-order valence-electron chi connectivity index (χ1n) is 6.03. The zero-order valence-electron chi connectivity index (χ0n) is 10.8. The van der Waals surface area contributed by atoms with Crippen molar-refractivity contribution in [3.8, 4) is 0 Å². The average molecular weight is 235 g/mol. The Bertz CT molecular complexity index is 350. The van der Waals surface area contributed by atoms with Crippen molar-refractivity contribution in [2.75, 3.05) is 7.05 Å². The monoisotopic (exact) mass is 235 g/mol. The molecule has 1 unspecified atom stereocenters. The fourth-order valence-electron chi connectivity index (χ4n) is 2.06. The Labute approximate surface area is 103 Å². The van der Waals surface area contributed by atoms with E-state index in [1.54, 1.807) is 0 Å². The predicted octanol–water partition coefficient (Wildman–Crippen LogP) is 2.62. The van der Waals surface area contributed by atoms with Crippen molar-refractivity contribution in [3.05, 3.63) is 35.9 Å². The van der Waals surface area contributed by atoms with E-state index in [9.17, 15) is 9.90 Å². The van der Waals surface area contributed by atoms with Gasteiger partial charge in [-0.15, -0.1) is 0 Å². The molecule has 0 aliphatic heterocycles. The van der Waals surface area contributed by atoms with E-state index >= 15 is 0 Å². The lowest BCUT2D eigenvalue weighted by Gasteiger charge is -2.29. The van der Waals surface area contributed by atoms with Gasteiger partial charge in [0.1, 0.15) is 6.04 Å². The molecule has 3 nitrogen and oxygen atoms in total. The highest BCUT2D eigenvalue weighted by Crippen LogP contribution is 2.16. The van der Waals surface area contributed by atoms with E-state index in [1.807, 2.05) is 56.1 Å². The maximum atomic E-state index is 11.3. The minimum absolute atomic E-state index is 0.154. The Hall–Kier alpha value is -1.35. The Morgan fingerprint density at radius 3 is 2.41 bits per heavy atom. The molecule has 17 heavy (non-hydrogen) atoms. The molecule has 0 heterocycles. The summed E-state index contributed by atoms with van der Waals surface area (Å²) >= 11 is 0. The van der Waals surface area contributed by atoms with Gasteiger partial charge in [-0.25, -0.2) is 0 Å². The molecular formula is C14H21NO2. The van der Waals surface area contributed by atoms with Crippen molar-refractivity contribution >= 4 is 5.97 Å². The van der Waals surface area contributed by atoms with Crippen molar-refractivity contribution in [2.24, 2.45) is 5.92 Å². The first kappa shape index (κ1) is 13.7. The van der Waals surface area contributed by atoms with Crippen molar-refractivity contribution < 1.29 is 9.90 Å². The quantitative estimate of drug-likeness (QED) is 0.824. The zero-order valence-corrected chi connectivity index (χ0v) is 10.8. The molecule has 1 rings (SSSR count). The number of hydrogen-bond donors (Lipinski definition) is 1. The molecule has 0 aromatic heterocycles. The maximum Gasteiger partial charge on any atom is 0.321 e. The number of benzene rings is 1. The van der Waals surface area contributed by atoms with Gasteiger partial charge in [0.05, 0.1) is 0 Å². The SMILES string of the molecule is CCC(C)[C@@H](C(=O)O)N(C)Cc1ccccc1. The summed E-state index contributed by atoms with van der Waals surface area (Å²) < 4.78 is 0. The van der Waals surface area contributed by atoms with Crippen LogP contribution in [0.3, 0.4) is 0 Å². The molecule has 3 heteroatoms. The molecule has 0 saturated heterocycles. The van der Waals surface area contributed by atoms with Crippen molar-refractivity contribution in [2.45, 2.75) is 32.9 Å². The van der Waals surface area contributed by atoms with Crippen LogP contribution in [-0.2, 0) is 11.3 Å². The Balaban J connectivity index is 2.72. The Morgan fingerprint density at radius 2 is 1.94 bits per heavy atom. The lowest BCUT2D eigenvalue weighted by molar-refractivity contribution is -0.145. The molecular weight excluding hydrogens is 214 g/mol. The number of hydrogen-bond acceptors (Lipinski definition) is 2. The third-order valence-electron chi connectivity index (χ3n) is 3.19. The van der Waals surface area contributed by atoms with Crippen LogP contribution in [-0.4, -0.2) is 29.1 Å². The van der Waals surface area contributed by atoms with Gasteiger partial charge in [-0.2, -0.15) is 0 Å². The second kappa shape index (κ2) is 6.40.